The van der Waals surface area contributed by atoms with Crippen molar-refractivity contribution in [3.05, 3.63) is 71.8 Å². The van der Waals surface area contributed by atoms with Crippen molar-refractivity contribution in [3.8, 4) is 29.2 Å². The zero-order valence-electron chi connectivity index (χ0n) is 19.8. The second-order valence-corrected chi connectivity index (χ2v) is 8.38. The summed E-state index contributed by atoms with van der Waals surface area (Å²) >= 11 is 0. The number of fused-ring (bicyclic) bond motifs is 1. The maximum atomic E-state index is 5.97. The molecule has 1 aliphatic rings. The molecule has 0 amide bonds. The van der Waals surface area contributed by atoms with Crippen LogP contribution in [0.1, 0.15) is 23.1 Å². The molecule has 1 unspecified atom stereocenters. The van der Waals surface area contributed by atoms with Gasteiger partial charge in [-0.3, -0.25) is 0 Å². The zero-order valence-corrected chi connectivity index (χ0v) is 19.8. The molecule has 35 heavy (non-hydrogen) atoms. The smallest absolute Gasteiger partial charge is 0.212 e. The molecule has 4 heterocycles. The Morgan fingerprint density at radius 2 is 1.91 bits per heavy atom. The van der Waals surface area contributed by atoms with E-state index in [0.717, 1.165) is 47.4 Å². The lowest BCUT2D eigenvalue weighted by Gasteiger charge is -2.13. The van der Waals surface area contributed by atoms with Gasteiger partial charge in [-0.15, -0.1) is 0 Å². The van der Waals surface area contributed by atoms with Crippen LogP contribution in [0.4, 0.5) is 0 Å². The number of nitrogens with zero attached hydrogens (tertiary/aromatic N) is 4. The summed E-state index contributed by atoms with van der Waals surface area (Å²) in [7, 11) is 3.23. The van der Waals surface area contributed by atoms with Crippen LogP contribution < -0.4 is 19.5 Å². The summed E-state index contributed by atoms with van der Waals surface area (Å²) < 4.78 is 18.7. The van der Waals surface area contributed by atoms with Crippen LogP contribution in [0.2, 0.25) is 0 Å². The first-order valence-corrected chi connectivity index (χ1v) is 11.5. The number of pyridine rings is 2. The normalized spacial score (nSPS) is 15.0. The van der Waals surface area contributed by atoms with E-state index in [0.29, 0.717) is 36.4 Å². The summed E-state index contributed by atoms with van der Waals surface area (Å²) in [4.78, 5) is 13.4. The van der Waals surface area contributed by atoms with Gasteiger partial charge in [0.25, 0.3) is 0 Å². The first-order valence-electron chi connectivity index (χ1n) is 11.5. The Hall–Kier alpha value is -4.09. The quantitative estimate of drug-likeness (QED) is 0.415. The van der Waals surface area contributed by atoms with Gasteiger partial charge < -0.3 is 24.1 Å². The zero-order chi connectivity index (χ0) is 24.0. The highest BCUT2D eigenvalue weighted by atomic mass is 16.5. The number of ether oxygens (including phenoxy) is 3. The monoisotopic (exact) mass is 469 g/mol. The van der Waals surface area contributed by atoms with Gasteiger partial charge in [-0.2, -0.15) is 0 Å². The second-order valence-electron chi connectivity index (χ2n) is 8.38. The van der Waals surface area contributed by atoms with Gasteiger partial charge in [0.05, 0.1) is 27.1 Å². The van der Waals surface area contributed by atoms with E-state index in [1.54, 1.807) is 20.4 Å². The van der Waals surface area contributed by atoms with E-state index >= 15 is 0 Å². The summed E-state index contributed by atoms with van der Waals surface area (Å²) in [6.07, 6.45) is 6.47. The molecule has 0 spiro atoms. The van der Waals surface area contributed by atoms with E-state index < -0.39 is 0 Å². The number of methoxy groups -OCH3 is 2. The standard InChI is InChI=1S/C27H27N5O3/c1-33-25-12-21(5-7-24(25)35-17-22-6-8-26(34-2)29-15-22)16-32-18-31-23-11-20(14-30-27(23)32)4-3-19-9-10-28-13-19/h5-8,11-12,14-15,18-19,28H,9-10,13,16-17H2,1-2H3. The lowest BCUT2D eigenvalue weighted by atomic mass is 10.1. The molecule has 1 aromatic carbocycles. The van der Waals surface area contributed by atoms with Crippen LogP contribution in [-0.4, -0.2) is 46.8 Å². The van der Waals surface area contributed by atoms with Gasteiger partial charge >= 0.3 is 0 Å². The Balaban J connectivity index is 1.28. The molecule has 178 valence electrons. The van der Waals surface area contributed by atoms with Crippen molar-refractivity contribution in [1.29, 1.82) is 0 Å². The summed E-state index contributed by atoms with van der Waals surface area (Å²) in [6.45, 7) is 2.99. The maximum Gasteiger partial charge on any atom is 0.212 e. The minimum absolute atomic E-state index is 0.380. The fraction of sp³-hybridized carbons (Fsp3) is 0.296. The molecule has 1 atom stereocenters. The third-order valence-electron chi connectivity index (χ3n) is 5.92. The topological polar surface area (TPSA) is 83.3 Å². The predicted octanol–water partition coefficient (Wildman–Crippen LogP) is 3.43. The molecule has 1 fully saturated rings. The van der Waals surface area contributed by atoms with Gasteiger partial charge in [-0.25, -0.2) is 15.0 Å². The van der Waals surface area contributed by atoms with E-state index in [-0.39, 0.29) is 0 Å². The van der Waals surface area contributed by atoms with Crippen LogP contribution in [-0.2, 0) is 13.2 Å². The maximum absolute atomic E-state index is 5.97. The van der Waals surface area contributed by atoms with Gasteiger partial charge in [-0.1, -0.05) is 17.9 Å². The highest BCUT2D eigenvalue weighted by Crippen LogP contribution is 2.29. The predicted molar refractivity (Wildman–Crippen MR) is 133 cm³/mol. The van der Waals surface area contributed by atoms with E-state index in [1.807, 2.05) is 53.5 Å². The molecule has 4 aromatic rings. The molecule has 0 aliphatic carbocycles. The number of benzene rings is 1. The Bertz CT molecular complexity index is 1370. The van der Waals surface area contributed by atoms with Crippen molar-refractivity contribution < 1.29 is 14.2 Å². The fourth-order valence-electron chi connectivity index (χ4n) is 4.00. The third-order valence-corrected chi connectivity index (χ3v) is 5.92. The van der Waals surface area contributed by atoms with Crippen molar-refractivity contribution in [2.45, 2.75) is 19.6 Å². The number of imidazole rings is 1. The Labute approximate surface area is 204 Å². The minimum Gasteiger partial charge on any atom is -0.493 e. The van der Waals surface area contributed by atoms with Crippen LogP contribution in [0, 0.1) is 17.8 Å². The largest absolute Gasteiger partial charge is 0.493 e. The molecule has 8 nitrogen and oxygen atoms in total. The van der Waals surface area contributed by atoms with E-state index in [2.05, 4.69) is 32.1 Å². The van der Waals surface area contributed by atoms with Crippen molar-refractivity contribution in [2.75, 3.05) is 27.3 Å². The molecule has 1 aliphatic heterocycles. The summed E-state index contributed by atoms with van der Waals surface area (Å²) in [5.41, 5.74) is 4.55. The van der Waals surface area contributed by atoms with Crippen LogP contribution in [0.15, 0.2) is 55.1 Å². The number of aromatic nitrogens is 4. The highest BCUT2D eigenvalue weighted by Gasteiger charge is 2.12. The number of rotatable bonds is 7. The van der Waals surface area contributed by atoms with Crippen molar-refractivity contribution in [2.24, 2.45) is 5.92 Å². The molecule has 0 bridgehead atoms. The Morgan fingerprint density at radius 3 is 2.69 bits per heavy atom. The van der Waals surface area contributed by atoms with Gasteiger partial charge in [0.15, 0.2) is 17.1 Å². The second kappa shape index (κ2) is 10.5. The van der Waals surface area contributed by atoms with E-state index in [4.69, 9.17) is 14.2 Å². The SMILES string of the molecule is COc1ccc(COc2ccc(Cn3cnc4cc(C#CC5CCNC5)cnc43)cc2OC)cn1. The molecular weight excluding hydrogens is 442 g/mol. The van der Waals surface area contributed by atoms with E-state index in [1.165, 1.54) is 0 Å². The van der Waals surface area contributed by atoms with Crippen LogP contribution in [0.5, 0.6) is 17.4 Å². The molecule has 3 aromatic heterocycles. The van der Waals surface area contributed by atoms with Crippen molar-refractivity contribution >= 4 is 11.2 Å². The van der Waals surface area contributed by atoms with E-state index in [9.17, 15) is 0 Å². The number of nitrogens with one attached hydrogen (secondary N) is 1. The van der Waals surface area contributed by atoms with Gasteiger partial charge in [0, 0.05) is 42.0 Å². The Morgan fingerprint density at radius 1 is 1.00 bits per heavy atom. The van der Waals surface area contributed by atoms with Crippen LogP contribution in [0.25, 0.3) is 11.2 Å². The number of hydrogen-bond acceptors (Lipinski definition) is 7. The highest BCUT2D eigenvalue weighted by molar-refractivity contribution is 5.72. The Kier molecular flexibility index (Phi) is 6.77. The summed E-state index contributed by atoms with van der Waals surface area (Å²) in [5.74, 6) is 8.90. The minimum atomic E-state index is 0.380. The fourth-order valence-corrected chi connectivity index (χ4v) is 4.00. The summed E-state index contributed by atoms with van der Waals surface area (Å²) in [5, 5.41) is 3.34. The average Bonchev–Trinajstić information content (AvgIpc) is 3.57. The third kappa shape index (κ3) is 5.36. The van der Waals surface area contributed by atoms with Gasteiger partial charge in [-0.05, 0) is 42.8 Å². The molecule has 8 heteroatoms. The number of hydrogen-bond donors (Lipinski definition) is 1. The lowest BCUT2D eigenvalue weighted by Crippen LogP contribution is -2.07. The van der Waals surface area contributed by atoms with Crippen molar-refractivity contribution in [3.63, 3.8) is 0 Å². The first kappa shape index (κ1) is 22.7. The molecule has 0 radical (unpaired) electrons. The molecule has 1 saturated heterocycles. The van der Waals surface area contributed by atoms with Crippen LogP contribution >= 0.6 is 0 Å². The lowest BCUT2D eigenvalue weighted by molar-refractivity contribution is 0.283. The molecule has 0 saturated carbocycles. The van der Waals surface area contributed by atoms with Crippen molar-refractivity contribution in [1.82, 2.24) is 24.8 Å². The van der Waals surface area contributed by atoms with Gasteiger partial charge in [0.2, 0.25) is 5.88 Å². The molecular formula is C27H27N5O3. The average molecular weight is 470 g/mol. The molecule has 5 rings (SSSR count). The molecule has 1 N–H and O–H groups in total. The van der Waals surface area contributed by atoms with Crippen LogP contribution in [0.3, 0.4) is 0 Å². The first-order chi connectivity index (χ1) is 17.2. The van der Waals surface area contributed by atoms with Gasteiger partial charge in [0.1, 0.15) is 12.1 Å². The summed E-state index contributed by atoms with van der Waals surface area (Å²) in [6, 6.07) is 11.6.